The number of nitrogens with one attached hydrogen (secondary N) is 1. The molecular weight excluding hydrogens is 536 g/mol. The van der Waals surface area contributed by atoms with Crippen LogP contribution in [0.2, 0.25) is 0 Å². The lowest BCUT2D eigenvalue weighted by atomic mass is 9.99. The molecule has 6 aromatic carbocycles. The van der Waals surface area contributed by atoms with Gasteiger partial charge >= 0.3 is 0 Å². The number of fused-ring (bicyclic) bond motifs is 3. The van der Waals surface area contributed by atoms with Crippen molar-refractivity contribution in [3.05, 3.63) is 169 Å². The Labute approximate surface area is 257 Å². The number of rotatable bonds is 6. The summed E-state index contributed by atoms with van der Waals surface area (Å²) in [6, 6.07) is 54.0. The Hall–Kier alpha value is -5.80. The largest absolute Gasteiger partial charge is 0.459 e. The Bertz CT molecular complexity index is 2090. The van der Waals surface area contributed by atoms with Crippen LogP contribution in [0, 0.1) is 0 Å². The molecule has 3 heteroatoms. The molecule has 44 heavy (non-hydrogen) atoms. The van der Waals surface area contributed by atoms with Gasteiger partial charge in [-0.25, -0.2) is 0 Å². The predicted octanol–water partition coefficient (Wildman–Crippen LogP) is 11.0. The first-order valence-corrected chi connectivity index (χ1v) is 15.0. The molecule has 1 aliphatic rings. The van der Waals surface area contributed by atoms with Crippen LogP contribution in [0.3, 0.4) is 0 Å². The summed E-state index contributed by atoms with van der Waals surface area (Å²) >= 11 is 0. The first kappa shape index (κ1) is 25.9. The van der Waals surface area contributed by atoms with Gasteiger partial charge < -0.3 is 14.6 Å². The molecule has 1 aliphatic heterocycles. The summed E-state index contributed by atoms with van der Waals surface area (Å²) in [6.45, 7) is 0.700. The third-order valence-corrected chi connectivity index (χ3v) is 8.34. The van der Waals surface area contributed by atoms with Crippen LogP contribution in [0.25, 0.3) is 50.4 Å². The fourth-order valence-electron chi connectivity index (χ4n) is 6.09. The summed E-state index contributed by atoms with van der Waals surface area (Å²) in [7, 11) is 0. The number of anilines is 3. The van der Waals surface area contributed by atoms with Crippen molar-refractivity contribution in [1.82, 2.24) is 5.32 Å². The molecule has 0 aliphatic carbocycles. The van der Waals surface area contributed by atoms with Gasteiger partial charge in [0.25, 0.3) is 0 Å². The number of hydrogen-bond donors (Lipinski definition) is 1. The molecule has 0 atom stereocenters. The van der Waals surface area contributed by atoms with Crippen molar-refractivity contribution in [2.24, 2.45) is 0 Å². The first-order chi connectivity index (χ1) is 21.8. The normalized spacial score (nSPS) is 12.1. The zero-order valence-corrected chi connectivity index (χ0v) is 24.2. The summed E-state index contributed by atoms with van der Waals surface area (Å²) in [6.07, 6.45) is 4.10. The summed E-state index contributed by atoms with van der Waals surface area (Å²) in [5, 5.41) is 4.38. The molecule has 210 valence electrons. The maximum absolute atomic E-state index is 6.19. The predicted molar refractivity (Wildman–Crippen MR) is 183 cm³/mol. The van der Waals surface area contributed by atoms with Crippen LogP contribution >= 0.6 is 0 Å². The molecule has 0 amide bonds. The van der Waals surface area contributed by atoms with E-state index in [1.807, 2.05) is 6.20 Å². The first-order valence-electron chi connectivity index (χ1n) is 15.0. The number of benzene rings is 6. The Balaban J connectivity index is 1.22. The van der Waals surface area contributed by atoms with E-state index in [4.69, 9.17) is 4.42 Å². The standard InChI is InChI=1S/C41H30N2O/c1-3-8-29(9-4-1)31-14-16-33(17-15-31)34-12-7-13-36(26-34)43(35-20-18-32(19-21-35)30-10-5-2-6-11-30)37-22-23-40-39(27-37)38-24-25-42-28-41(38)44-40/h1-27,42H,28H2. The smallest absolute Gasteiger partial charge is 0.135 e. The molecule has 0 saturated heterocycles. The minimum Gasteiger partial charge on any atom is -0.459 e. The van der Waals surface area contributed by atoms with E-state index in [1.54, 1.807) is 0 Å². The van der Waals surface area contributed by atoms with Crippen LogP contribution in [-0.4, -0.2) is 0 Å². The van der Waals surface area contributed by atoms with Crippen molar-refractivity contribution in [3.8, 4) is 33.4 Å². The Kier molecular flexibility index (Phi) is 6.54. The summed E-state index contributed by atoms with van der Waals surface area (Å²) < 4.78 is 6.19. The second kappa shape index (κ2) is 11.1. The van der Waals surface area contributed by atoms with E-state index >= 15 is 0 Å². The van der Waals surface area contributed by atoms with Gasteiger partial charge in [-0.1, -0.05) is 109 Å². The molecule has 0 unspecified atom stereocenters. The van der Waals surface area contributed by atoms with Gasteiger partial charge in [0.1, 0.15) is 11.3 Å². The van der Waals surface area contributed by atoms with Crippen molar-refractivity contribution in [2.75, 3.05) is 4.90 Å². The second-order valence-electron chi connectivity index (χ2n) is 11.1. The van der Waals surface area contributed by atoms with Crippen molar-refractivity contribution in [2.45, 2.75) is 6.54 Å². The number of nitrogens with zero attached hydrogens (tertiary/aromatic N) is 1. The summed E-state index contributed by atoms with van der Waals surface area (Å²) in [5.41, 5.74) is 12.5. The van der Waals surface area contributed by atoms with E-state index in [1.165, 1.54) is 33.4 Å². The van der Waals surface area contributed by atoms with Crippen molar-refractivity contribution in [1.29, 1.82) is 0 Å². The average molecular weight is 567 g/mol. The van der Waals surface area contributed by atoms with Crippen LogP contribution < -0.4 is 10.2 Å². The van der Waals surface area contributed by atoms with Crippen LogP contribution in [-0.2, 0) is 6.54 Å². The highest BCUT2D eigenvalue weighted by Crippen LogP contribution is 2.40. The van der Waals surface area contributed by atoms with Gasteiger partial charge in [0.15, 0.2) is 0 Å². The van der Waals surface area contributed by atoms with Crippen molar-refractivity contribution in [3.63, 3.8) is 0 Å². The van der Waals surface area contributed by atoms with E-state index in [0.717, 1.165) is 39.4 Å². The van der Waals surface area contributed by atoms with Crippen LogP contribution in [0.5, 0.6) is 0 Å². The molecule has 7 aromatic rings. The third kappa shape index (κ3) is 4.85. The fraction of sp³-hybridized carbons (Fsp3) is 0.0244. The molecule has 0 bridgehead atoms. The Morgan fingerprint density at radius 3 is 1.70 bits per heavy atom. The highest BCUT2D eigenvalue weighted by Gasteiger charge is 2.19. The van der Waals surface area contributed by atoms with Gasteiger partial charge in [-0.2, -0.15) is 0 Å². The average Bonchev–Trinajstić information content (AvgIpc) is 3.48. The fourth-order valence-corrected chi connectivity index (χ4v) is 6.09. The molecule has 0 radical (unpaired) electrons. The zero-order valence-electron chi connectivity index (χ0n) is 24.2. The van der Waals surface area contributed by atoms with Gasteiger partial charge in [0, 0.05) is 28.0 Å². The molecule has 8 rings (SSSR count). The minimum atomic E-state index is 0.700. The number of furan rings is 1. The summed E-state index contributed by atoms with van der Waals surface area (Å²) in [4.78, 5) is 2.33. The zero-order chi connectivity index (χ0) is 29.3. The molecule has 0 fully saturated rings. The third-order valence-electron chi connectivity index (χ3n) is 8.34. The quantitative estimate of drug-likeness (QED) is 0.217. The van der Waals surface area contributed by atoms with Gasteiger partial charge in [-0.05, 0) is 88.1 Å². The second-order valence-corrected chi connectivity index (χ2v) is 11.1. The Morgan fingerprint density at radius 1 is 0.477 bits per heavy atom. The molecule has 0 spiro atoms. The van der Waals surface area contributed by atoms with Gasteiger partial charge in [0.05, 0.1) is 6.54 Å². The SMILES string of the molecule is C1=Cc2c(oc3ccc(N(c4ccc(-c5ccccc5)cc4)c4cccc(-c5ccc(-c6ccccc6)cc5)c4)cc23)CN1. The highest BCUT2D eigenvalue weighted by atomic mass is 16.3. The lowest BCUT2D eigenvalue weighted by Gasteiger charge is -2.26. The molecular formula is C41H30N2O. The van der Waals surface area contributed by atoms with E-state index in [-0.39, 0.29) is 0 Å². The van der Waals surface area contributed by atoms with Crippen molar-refractivity contribution >= 4 is 34.1 Å². The molecule has 3 nitrogen and oxygen atoms in total. The maximum atomic E-state index is 6.19. The van der Waals surface area contributed by atoms with Gasteiger partial charge in [-0.3, -0.25) is 0 Å². The molecule has 1 N–H and O–H groups in total. The lowest BCUT2D eigenvalue weighted by Crippen LogP contribution is -2.10. The topological polar surface area (TPSA) is 28.4 Å². The maximum Gasteiger partial charge on any atom is 0.135 e. The Morgan fingerprint density at radius 2 is 1.02 bits per heavy atom. The van der Waals surface area contributed by atoms with Crippen LogP contribution in [0.4, 0.5) is 17.1 Å². The van der Waals surface area contributed by atoms with E-state index in [2.05, 4.69) is 168 Å². The number of hydrogen-bond acceptors (Lipinski definition) is 3. The van der Waals surface area contributed by atoms with Crippen molar-refractivity contribution < 1.29 is 4.42 Å². The van der Waals surface area contributed by atoms with Crippen LogP contribution in [0.15, 0.2) is 162 Å². The monoisotopic (exact) mass is 566 g/mol. The molecule has 2 heterocycles. The minimum absolute atomic E-state index is 0.700. The molecule has 0 saturated carbocycles. The molecule has 1 aromatic heterocycles. The lowest BCUT2D eigenvalue weighted by molar-refractivity contribution is 0.532. The van der Waals surface area contributed by atoms with Gasteiger partial charge in [-0.15, -0.1) is 0 Å². The van der Waals surface area contributed by atoms with E-state index in [0.29, 0.717) is 6.54 Å². The highest BCUT2D eigenvalue weighted by molar-refractivity contribution is 5.94. The van der Waals surface area contributed by atoms with Crippen LogP contribution in [0.1, 0.15) is 11.3 Å². The van der Waals surface area contributed by atoms with Gasteiger partial charge in [0.2, 0.25) is 0 Å². The van der Waals surface area contributed by atoms with E-state index < -0.39 is 0 Å². The van der Waals surface area contributed by atoms with E-state index in [9.17, 15) is 0 Å². The summed E-state index contributed by atoms with van der Waals surface area (Å²) in [5.74, 6) is 0.972.